The molecule has 2 aliphatic rings. The molecular weight excluding hydrogens is 647 g/mol. The molecular formula is C29H19Cl3O6S3. The molecule has 0 spiro atoms. The number of benzene rings is 4. The van der Waals surface area contributed by atoms with Gasteiger partial charge < -0.3 is 0 Å². The Morgan fingerprint density at radius 3 is 1.59 bits per heavy atom. The zero-order valence-electron chi connectivity index (χ0n) is 21.2. The molecule has 0 aliphatic carbocycles. The van der Waals surface area contributed by atoms with Crippen molar-refractivity contribution in [3.05, 3.63) is 110 Å². The lowest BCUT2D eigenvalue weighted by atomic mass is 10.0. The quantitative estimate of drug-likeness (QED) is 0.180. The first kappa shape index (κ1) is 29.8. The largest absolute Gasteiger partial charge is 0.289 e. The van der Waals surface area contributed by atoms with Crippen molar-refractivity contribution >= 4 is 77.8 Å². The lowest BCUT2D eigenvalue weighted by molar-refractivity contribution is 0.102. The fraction of sp³-hybridized carbons (Fsp3) is 0.103. The minimum atomic E-state index is -3.82. The Kier molecular flexibility index (Phi) is 8.15. The van der Waals surface area contributed by atoms with E-state index >= 15 is 0 Å². The topological polar surface area (TPSA) is 102 Å². The van der Waals surface area contributed by atoms with Crippen molar-refractivity contribution in [3.63, 3.8) is 0 Å². The number of carbonyl (C=O) groups is 2. The number of sulfone groups is 2. The van der Waals surface area contributed by atoms with Crippen molar-refractivity contribution in [2.24, 2.45) is 0 Å². The van der Waals surface area contributed by atoms with Crippen LogP contribution in [0, 0.1) is 0 Å². The van der Waals surface area contributed by atoms with E-state index in [1.807, 2.05) is 6.92 Å². The van der Waals surface area contributed by atoms with Gasteiger partial charge >= 0.3 is 0 Å². The van der Waals surface area contributed by atoms with E-state index in [2.05, 4.69) is 0 Å². The zero-order chi connectivity index (χ0) is 29.7. The summed E-state index contributed by atoms with van der Waals surface area (Å²) in [5.41, 5.74) is 0.589. The Balaban J connectivity index is 0.000000166. The Labute approximate surface area is 256 Å². The van der Waals surface area contributed by atoms with Gasteiger partial charge in [-0.1, -0.05) is 66.0 Å². The van der Waals surface area contributed by atoms with E-state index in [1.54, 1.807) is 36.4 Å². The zero-order valence-corrected chi connectivity index (χ0v) is 25.9. The molecule has 2 heterocycles. The van der Waals surface area contributed by atoms with Crippen molar-refractivity contribution in [2.75, 3.05) is 5.75 Å². The third kappa shape index (κ3) is 4.92. The predicted molar refractivity (Wildman–Crippen MR) is 160 cm³/mol. The van der Waals surface area contributed by atoms with Crippen LogP contribution < -0.4 is 0 Å². The van der Waals surface area contributed by atoms with Crippen LogP contribution in [-0.2, 0) is 19.7 Å². The third-order valence-corrected chi connectivity index (χ3v) is 13.0. The summed E-state index contributed by atoms with van der Waals surface area (Å²) in [6, 6.07) is 18.4. The average Bonchev–Trinajstić information content (AvgIpc) is 2.96. The summed E-state index contributed by atoms with van der Waals surface area (Å²) >= 11 is 19.6. The maximum absolute atomic E-state index is 12.8. The predicted octanol–water partition coefficient (Wildman–Crippen LogP) is 7.59. The minimum absolute atomic E-state index is 0.0309. The monoisotopic (exact) mass is 664 g/mol. The molecule has 2 aliphatic heterocycles. The Morgan fingerprint density at radius 2 is 1.07 bits per heavy atom. The second-order valence-corrected chi connectivity index (χ2v) is 15.0. The molecule has 0 N–H and O–H groups in total. The molecule has 0 aromatic heterocycles. The van der Waals surface area contributed by atoms with Crippen molar-refractivity contribution < 1.29 is 26.4 Å². The van der Waals surface area contributed by atoms with Crippen molar-refractivity contribution in [3.8, 4) is 0 Å². The summed E-state index contributed by atoms with van der Waals surface area (Å²) in [4.78, 5) is 25.3. The standard InChI is InChI=1S/C16H13ClO3S2.C13H6Cl2O3S/c1-2-9-21-12-8-7-11-15(18)10-5-3-4-6-13(10)22(19,20)16(11)14(12)17;14-9-6-5-8-12(16)7-3-1-2-4-10(7)19(17,18)13(8)11(9)15/h3-8H,2,9H2,1H3;1-6H. The van der Waals surface area contributed by atoms with Gasteiger partial charge in [-0.15, -0.1) is 11.8 Å². The van der Waals surface area contributed by atoms with Gasteiger partial charge in [-0.05, 0) is 60.7 Å². The van der Waals surface area contributed by atoms with Gasteiger partial charge in [0.2, 0.25) is 19.7 Å². The fourth-order valence-electron chi connectivity index (χ4n) is 4.56. The molecule has 12 heteroatoms. The number of carbonyl (C=O) groups excluding carboxylic acids is 2. The Hall–Kier alpha value is -2.66. The van der Waals surface area contributed by atoms with Gasteiger partial charge in [0.1, 0.15) is 9.79 Å². The average molecular weight is 666 g/mol. The van der Waals surface area contributed by atoms with E-state index < -0.39 is 19.7 Å². The van der Waals surface area contributed by atoms with Crippen molar-refractivity contribution in [1.82, 2.24) is 0 Å². The Bertz CT molecular complexity index is 1990. The number of rotatable bonds is 3. The maximum Gasteiger partial charge on any atom is 0.209 e. The van der Waals surface area contributed by atoms with Crippen LogP contribution in [0.4, 0.5) is 0 Å². The SMILES string of the molecule is CCCSc1ccc2c(c1Cl)S(=O)(=O)c1ccccc1C2=O.O=C1c2ccccc2S(=O)(=O)c2c1ccc(Cl)c2Cl. The van der Waals surface area contributed by atoms with E-state index in [-0.39, 0.29) is 68.5 Å². The molecule has 0 saturated carbocycles. The van der Waals surface area contributed by atoms with Gasteiger partial charge in [-0.2, -0.15) is 0 Å². The smallest absolute Gasteiger partial charge is 0.209 e. The van der Waals surface area contributed by atoms with Crippen LogP contribution in [0.5, 0.6) is 0 Å². The molecule has 6 rings (SSSR count). The summed E-state index contributed by atoms with van der Waals surface area (Å²) in [6.45, 7) is 2.04. The summed E-state index contributed by atoms with van der Waals surface area (Å²) < 4.78 is 50.7. The van der Waals surface area contributed by atoms with Crippen LogP contribution >= 0.6 is 46.6 Å². The van der Waals surface area contributed by atoms with Gasteiger partial charge in [0.25, 0.3) is 0 Å². The fourth-order valence-corrected chi connectivity index (χ4v) is 10.2. The normalized spacial score (nSPS) is 15.5. The van der Waals surface area contributed by atoms with Crippen LogP contribution in [0.15, 0.2) is 97.3 Å². The highest BCUT2D eigenvalue weighted by atomic mass is 35.5. The number of halogens is 3. The van der Waals surface area contributed by atoms with Crippen LogP contribution in [0.25, 0.3) is 0 Å². The summed E-state index contributed by atoms with van der Waals surface area (Å²) in [5.74, 6) is 0.177. The number of ketones is 2. The second-order valence-electron chi connectivity index (χ2n) is 9.00. The molecule has 0 atom stereocenters. The van der Waals surface area contributed by atoms with Crippen LogP contribution in [0.1, 0.15) is 45.2 Å². The molecule has 0 saturated heterocycles. The van der Waals surface area contributed by atoms with Crippen LogP contribution in [-0.4, -0.2) is 34.2 Å². The third-order valence-electron chi connectivity index (χ3n) is 6.44. The van der Waals surface area contributed by atoms with E-state index in [4.69, 9.17) is 34.8 Å². The number of hydrogen-bond donors (Lipinski definition) is 0. The second kappa shape index (κ2) is 11.2. The lowest BCUT2D eigenvalue weighted by Gasteiger charge is -2.20. The maximum atomic E-state index is 12.8. The first-order chi connectivity index (χ1) is 19.4. The molecule has 4 aromatic carbocycles. The first-order valence-corrected chi connectivity index (χ1v) is 17.2. The van der Waals surface area contributed by atoms with Crippen molar-refractivity contribution in [2.45, 2.75) is 37.8 Å². The highest BCUT2D eigenvalue weighted by molar-refractivity contribution is 7.99. The molecule has 4 aromatic rings. The van der Waals surface area contributed by atoms with Crippen LogP contribution in [0.3, 0.4) is 0 Å². The van der Waals surface area contributed by atoms with Gasteiger partial charge in [-0.25, -0.2) is 16.8 Å². The summed E-state index contributed by atoms with van der Waals surface area (Å²) in [6.07, 6.45) is 0.951. The highest BCUT2D eigenvalue weighted by Crippen LogP contribution is 2.43. The Morgan fingerprint density at radius 1 is 0.610 bits per heavy atom. The van der Waals surface area contributed by atoms with Gasteiger partial charge in [0.05, 0.1) is 24.9 Å². The molecule has 41 heavy (non-hydrogen) atoms. The number of hydrogen-bond acceptors (Lipinski definition) is 7. The summed E-state index contributed by atoms with van der Waals surface area (Å²) in [7, 11) is -7.60. The first-order valence-electron chi connectivity index (χ1n) is 12.1. The van der Waals surface area contributed by atoms with Gasteiger partial charge in [0.15, 0.2) is 11.6 Å². The lowest BCUT2D eigenvalue weighted by Crippen LogP contribution is -2.20. The summed E-state index contributed by atoms with van der Waals surface area (Å²) in [5, 5.41) is 0.150. The van der Waals surface area contributed by atoms with Crippen LogP contribution in [0.2, 0.25) is 15.1 Å². The van der Waals surface area contributed by atoms with Gasteiger partial charge in [0, 0.05) is 27.1 Å². The van der Waals surface area contributed by atoms with E-state index in [1.165, 1.54) is 48.2 Å². The molecule has 0 unspecified atom stereocenters. The van der Waals surface area contributed by atoms with E-state index in [0.717, 1.165) is 12.2 Å². The molecule has 0 radical (unpaired) electrons. The molecule has 210 valence electrons. The van der Waals surface area contributed by atoms with Gasteiger partial charge in [-0.3, -0.25) is 9.59 Å². The molecule has 0 bridgehead atoms. The highest BCUT2D eigenvalue weighted by Gasteiger charge is 2.38. The van der Waals surface area contributed by atoms with Crippen molar-refractivity contribution in [1.29, 1.82) is 0 Å². The number of thioether (sulfide) groups is 1. The van der Waals surface area contributed by atoms with E-state index in [9.17, 15) is 26.4 Å². The molecule has 0 amide bonds. The minimum Gasteiger partial charge on any atom is -0.289 e. The molecule has 0 fully saturated rings. The number of fused-ring (bicyclic) bond motifs is 4. The molecule has 6 nitrogen and oxygen atoms in total. The van der Waals surface area contributed by atoms with E-state index in [0.29, 0.717) is 4.90 Å².